The fraction of sp³-hybridized carbons (Fsp3) is 0.500. The first kappa shape index (κ1) is 20.5. The molecule has 1 aromatic heterocycles. The summed E-state index contributed by atoms with van der Waals surface area (Å²) in [5, 5.41) is 10.7. The first-order chi connectivity index (χ1) is 14.5. The van der Waals surface area contributed by atoms with Crippen LogP contribution in [0.1, 0.15) is 35.8 Å². The van der Waals surface area contributed by atoms with E-state index >= 15 is 0 Å². The predicted octanol–water partition coefficient (Wildman–Crippen LogP) is 2.62. The highest BCUT2D eigenvalue weighted by Gasteiger charge is 2.43. The minimum Gasteiger partial charge on any atom is -0.487 e. The molecule has 160 valence electrons. The maximum Gasteiger partial charge on any atom is 0.356 e. The van der Waals surface area contributed by atoms with Crippen molar-refractivity contribution in [3.63, 3.8) is 0 Å². The summed E-state index contributed by atoms with van der Waals surface area (Å²) in [6.07, 6.45) is 2.44. The van der Waals surface area contributed by atoms with Crippen LogP contribution >= 0.6 is 0 Å². The van der Waals surface area contributed by atoms with Gasteiger partial charge in [0, 0.05) is 19.2 Å². The van der Waals surface area contributed by atoms with Gasteiger partial charge in [0.25, 0.3) is 0 Å². The smallest absolute Gasteiger partial charge is 0.356 e. The molecule has 4 atom stereocenters. The van der Waals surface area contributed by atoms with Crippen molar-refractivity contribution >= 4 is 11.8 Å². The molecule has 0 radical (unpaired) electrons. The van der Waals surface area contributed by atoms with E-state index in [0.717, 1.165) is 18.7 Å². The van der Waals surface area contributed by atoms with Gasteiger partial charge in [-0.1, -0.05) is 6.92 Å². The Morgan fingerprint density at radius 2 is 2.00 bits per heavy atom. The third-order valence-electron chi connectivity index (χ3n) is 6.14. The largest absolute Gasteiger partial charge is 0.487 e. The van der Waals surface area contributed by atoms with E-state index in [4.69, 9.17) is 9.47 Å². The topological polar surface area (TPSA) is 84.8 Å². The number of rotatable bonds is 5. The lowest BCUT2D eigenvalue weighted by atomic mass is 9.78. The van der Waals surface area contributed by atoms with Gasteiger partial charge in [-0.3, -0.25) is 0 Å². The molecule has 2 aliphatic rings. The number of fused-ring (bicyclic) bond motifs is 1. The molecule has 8 heteroatoms. The van der Waals surface area contributed by atoms with E-state index in [1.807, 2.05) is 6.92 Å². The van der Waals surface area contributed by atoms with Gasteiger partial charge in [0.05, 0.1) is 13.2 Å². The summed E-state index contributed by atoms with van der Waals surface area (Å²) >= 11 is 0. The number of halogens is 1. The molecule has 0 bridgehead atoms. The molecule has 0 unspecified atom stereocenters. The summed E-state index contributed by atoms with van der Waals surface area (Å²) < 4.78 is 24.4. The van der Waals surface area contributed by atoms with Crippen molar-refractivity contribution in [3.8, 4) is 5.75 Å². The molecule has 2 fully saturated rings. The van der Waals surface area contributed by atoms with Crippen LogP contribution in [0.5, 0.6) is 5.75 Å². The second kappa shape index (κ2) is 8.55. The normalized spacial score (nSPS) is 25.7. The Kier molecular flexibility index (Phi) is 5.85. The summed E-state index contributed by atoms with van der Waals surface area (Å²) in [4.78, 5) is 22.2. The van der Waals surface area contributed by atoms with Crippen LogP contribution in [0.2, 0.25) is 0 Å². The SMILES string of the molecule is CCc1cc(F)ccc1O[C@@H]1C[C@@H]2CN(c3cc(C(=O)OC)ncn3)C[C@@H]2C[C@H]1O. The molecule has 4 rings (SSSR count). The maximum atomic E-state index is 13.5. The summed E-state index contributed by atoms with van der Waals surface area (Å²) in [5.41, 5.74) is 1.02. The molecule has 1 N–H and O–H groups in total. The van der Waals surface area contributed by atoms with Crippen LogP contribution in [0.3, 0.4) is 0 Å². The second-order valence-electron chi connectivity index (χ2n) is 7.98. The monoisotopic (exact) mass is 415 g/mol. The van der Waals surface area contributed by atoms with E-state index in [1.165, 1.54) is 25.6 Å². The van der Waals surface area contributed by atoms with Gasteiger partial charge in [-0.05, 0) is 54.9 Å². The van der Waals surface area contributed by atoms with Crippen molar-refractivity contribution < 1.29 is 23.8 Å². The Morgan fingerprint density at radius 3 is 2.73 bits per heavy atom. The van der Waals surface area contributed by atoms with Crippen LogP contribution in [0, 0.1) is 17.7 Å². The highest BCUT2D eigenvalue weighted by molar-refractivity contribution is 5.87. The second-order valence-corrected chi connectivity index (χ2v) is 7.98. The number of carbonyl (C=O) groups excluding carboxylic acids is 1. The number of nitrogens with zero attached hydrogens (tertiary/aromatic N) is 3. The van der Waals surface area contributed by atoms with Crippen molar-refractivity contribution in [3.05, 3.63) is 47.7 Å². The summed E-state index contributed by atoms with van der Waals surface area (Å²) in [5.74, 6) is 1.18. The van der Waals surface area contributed by atoms with E-state index < -0.39 is 12.1 Å². The zero-order valence-corrected chi connectivity index (χ0v) is 17.1. The van der Waals surface area contributed by atoms with Crippen LogP contribution in [-0.4, -0.2) is 53.5 Å². The Hall–Kier alpha value is -2.74. The number of aryl methyl sites for hydroxylation is 1. The van der Waals surface area contributed by atoms with Crippen LogP contribution in [0.25, 0.3) is 0 Å². The molecular weight excluding hydrogens is 389 g/mol. The van der Waals surface area contributed by atoms with E-state index in [0.29, 0.717) is 42.7 Å². The number of hydrogen-bond donors (Lipinski definition) is 1. The maximum absolute atomic E-state index is 13.5. The number of hydrogen-bond acceptors (Lipinski definition) is 7. The Balaban J connectivity index is 1.46. The average molecular weight is 415 g/mol. The van der Waals surface area contributed by atoms with Gasteiger partial charge in [0.15, 0.2) is 5.69 Å². The van der Waals surface area contributed by atoms with Gasteiger partial charge < -0.3 is 19.5 Å². The standard InChI is InChI=1S/C22H26FN3O4/c1-3-13-6-16(23)4-5-19(13)30-20-8-15-11-26(10-14(15)7-18(20)27)21-9-17(22(28)29-2)24-12-25-21/h4-6,9,12,14-15,18,20,27H,3,7-8,10-11H2,1-2H3/t14-,15+,18+,20+/m0/s1. The van der Waals surface area contributed by atoms with Crippen molar-refractivity contribution in [1.29, 1.82) is 0 Å². The fourth-order valence-electron chi connectivity index (χ4n) is 4.54. The summed E-state index contributed by atoms with van der Waals surface area (Å²) in [6.45, 7) is 3.47. The summed E-state index contributed by atoms with van der Waals surface area (Å²) in [7, 11) is 1.32. The zero-order chi connectivity index (χ0) is 21.3. The van der Waals surface area contributed by atoms with Gasteiger partial charge in [0.1, 0.15) is 29.8 Å². The molecule has 7 nitrogen and oxygen atoms in total. The average Bonchev–Trinajstić information content (AvgIpc) is 3.17. The number of carbonyl (C=O) groups is 1. The van der Waals surface area contributed by atoms with Crippen molar-refractivity contribution in [1.82, 2.24) is 9.97 Å². The Bertz CT molecular complexity index is 925. The highest BCUT2D eigenvalue weighted by atomic mass is 19.1. The third kappa shape index (κ3) is 4.09. The zero-order valence-electron chi connectivity index (χ0n) is 17.1. The minimum atomic E-state index is -0.586. The molecule has 0 amide bonds. The molecule has 2 heterocycles. The third-order valence-corrected chi connectivity index (χ3v) is 6.14. The first-order valence-electron chi connectivity index (χ1n) is 10.3. The fourth-order valence-corrected chi connectivity index (χ4v) is 4.54. The van der Waals surface area contributed by atoms with Crippen LogP contribution in [-0.2, 0) is 11.2 Å². The number of aromatic nitrogens is 2. The van der Waals surface area contributed by atoms with Gasteiger partial charge in [0.2, 0.25) is 0 Å². The molecule has 1 aromatic carbocycles. The molecule has 1 saturated heterocycles. The molecule has 1 aliphatic carbocycles. The summed E-state index contributed by atoms with van der Waals surface area (Å²) in [6, 6.07) is 6.15. The molecule has 1 aliphatic heterocycles. The van der Waals surface area contributed by atoms with E-state index in [2.05, 4.69) is 14.9 Å². The number of esters is 1. The molecular formula is C22H26FN3O4. The first-order valence-corrected chi connectivity index (χ1v) is 10.3. The quantitative estimate of drug-likeness (QED) is 0.752. The van der Waals surface area contributed by atoms with Crippen LogP contribution in [0.15, 0.2) is 30.6 Å². The number of methoxy groups -OCH3 is 1. The van der Waals surface area contributed by atoms with Crippen molar-refractivity contribution in [2.45, 2.75) is 38.4 Å². The number of benzene rings is 1. The predicted molar refractivity (Wildman–Crippen MR) is 108 cm³/mol. The lowest BCUT2D eigenvalue weighted by molar-refractivity contribution is -0.0235. The Labute approximate surface area is 174 Å². The molecule has 2 aromatic rings. The van der Waals surface area contributed by atoms with Gasteiger partial charge in [-0.15, -0.1) is 0 Å². The van der Waals surface area contributed by atoms with Gasteiger partial charge in [-0.25, -0.2) is 19.2 Å². The highest BCUT2D eigenvalue weighted by Crippen LogP contribution is 2.39. The lowest BCUT2D eigenvalue weighted by Gasteiger charge is -2.35. The van der Waals surface area contributed by atoms with E-state index in [9.17, 15) is 14.3 Å². The Morgan fingerprint density at radius 1 is 1.23 bits per heavy atom. The van der Waals surface area contributed by atoms with Crippen molar-refractivity contribution in [2.75, 3.05) is 25.1 Å². The van der Waals surface area contributed by atoms with Gasteiger partial charge >= 0.3 is 5.97 Å². The molecule has 1 saturated carbocycles. The number of anilines is 1. The minimum absolute atomic E-state index is 0.224. The van der Waals surface area contributed by atoms with Crippen LogP contribution < -0.4 is 9.64 Å². The van der Waals surface area contributed by atoms with E-state index in [1.54, 1.807) is 12.1 Å². The number of ether oxygens (including phenoxy) is 2. The number of aliphatic hydroxyl groups excluding tert-OH is 1. The van der Waals surface area contributed by atoms with Gasteiger partial charge in [-0.2, -0.15) is 0 Å². The molecule has 0 spiro atoms. The lowest BCUT2D eigenvalue weighted by Crippen LogP contribution is -2.42. The van der Waals surface area contributed by atoms with Crippen LogP contribution in [0.4, 0.5) is 10.2 Å². The molecule has 30 heavy (non-hydrogen) atoms. The number of aliphatic hydroxyl groups is 1. The van der Waals surface area contributed by atoms with Crippen molar-refractivity contribution in [2.24, 2.45) is 11.8 Å². The van der Waals surface area contributed by atoms with E-state index in [-0.39, 0.29) is 17.6 Å².